The monoisotopic (exact) mass is 294 g/mol. The van der Waals surface area contributed by atoms with E-state index in [1.807, 2.05) is 0 Å². The Morgan fingerprint density at radius 1 is 1.14 bits per heavy atom. The second-order valence-electron chi connectivity index (χ2n) is 5.93. The van der Waals surface area contributed by atoms with Crippen LogP contribution in [0.5, 0.6) is 0 Å². The maximum Gasteiger partial charge on any atom is 0.125 e. The fourth-order valence-electron chi connectivity index (χ4n) is 2.88. The lowest BCUT2D eigenvalue weighted by atomic mass is 10.1. The number of methoxy groups -OCH3 is 2. The fourth-order valence-corrected chi connectivity index (χ4v) is 2.88. The standard InChI is InChI=1S/C16H23FN2O2/c1-20-15-9-19(10-16(15)21-2)14-6-11(5-12(17)7-14)8-18-13-3-4-13/h5-7,13,15-16,18H,3-4,8-10H2,1-2H3. The van der Waals surface area contributed by atoms with Crippen LogP contribution in [0.25, 0.3) is 0 Å². The van der Waals surface area contributed by atoms with E-state index in [9.17, 15) is 4.39 Å². The Kier molecular flexibility index (Phi) is 4.42. The summed E-state index contributed by atoms with van der Waals surface area (Å²) in [5.74, 6) is -0.185. The van der Waals surface area contributed by atoms with Gasteiger partial charge in [0.1, 0.15) is 18.0 Å². The maximum absolute atomic E-state index is 13.9. The highest BCUT2D eigenvalue weighted by Crippen LogP contribution is 2.26. The van der Waals surface area contributed by atoms with Gasteiger partial charge in [-0.25, -0.2) is 4.39 Å². The normalized spacial score (nSPS) is 25.6. The Bertz CT molecular complexity index is 481. The number of nitrogens with one attached hydrogen (secondary N) is 1. The number of halogens is 1. The summed E-state index contributed by atoms with van der Waals surface area (Å²) in [4.78, 5) is 2.13. The molecule has 2 atom stereocenters. The van der Waals surface area contributed by atoms with E-state index in [-0.39, 0.29) is 18.0 Å². The molecule has 1 N–H and O–H groups in total. The topological polar surface area (TPSA) is 33.7 Å². The molecule has 1 aliphatic carbocycles. The average molecular weight is 294 g/mol. The predicted molar refractivity (Wildman–Crippen MR) is 80.1 cm³/mol. The van der Waals surface area contributed by atoms with Crippen molar-refractivity contribution in [2.24, 2.45) is 0 Å². The highest BCUT2D eigenvalue weighted by molar-refractivity contribution is 5.50. The van der Waals surface area contributed by atoms with Crippen molar-refractivity contribution in [3.05, 3.63) is 29.6 Å². The van der Waals surface area contributed by atoms with Crippen LogP contribution in [0.4, 0.5) is 10.1 Å². The van der Waals surface area contributed by atoms with Gasteiger partial charge in [-0.05, 0) is 36.6 Å². The summed E-state index contributed by atoms with van der Waals surface area (Å²) in [5.41, 5.74) is 1.90. The fraction of sp³-hybridized carbons (Fsp3) is 0.625. The summed E-state index contributed by atoms with van der Waals surface area (Å²) in [7, 11) is 3.38. The minimum absolute atomic E-state index is 0.0336. The van der Waals surface area contributed by atoms with Gasteiger partial charge in [-0.15, -0.1) is 0 Å². The van der Waals surface area contributed by atoms with E-state index in [1.54, 1.807) is 26.4 Å². The number of benzene rings is 1. The third-order valence-electron chi connectivity index (χ3n) is 4.30. The molecule has 4 nitrogen and oxygen atoms in total. The van der Waals surface area contributed by atoms with Crippen LogP contribution in [0.15, 0.2) is 18.2 Å². The molecule has 0 spiro atoms. The molecular formula is C16H23FN2O2. The van der Waals surface area contributed by atoms with E-state index >= 15 is 0 Å². The number of nitrogens with zero attached hydrogens (tertiary/aromatic N) is 1. The molecule has 0 amide bonds. The van der Waals surface area contributed by atoms with Crippen molar-refractivity contribution in [3.8, 4) is 0 Å². The molecule has 5 heteroatoms. The smallest absolute Gasteiger partial charge is 0.125 e. The molecule has 1 heterocycles. The van der Waals surface area contributed by atoms with E-state index in [0.717, 1.165) is 30.9 Å². The van der Waals surface area contributed by atoms with Gasteiger partial charge in [0.15, 0.2) is 0 Å². The summed E-state index contributed by atoms with van der Waals surface area (Å²) in [6, 6.07) is 5.88. The van der Waals surface area contributed by atoms with Gasteiger partial charge >= 0.3 is 0 Å². The Morgan fingerprint density at radius 2 is 1.81 bits per heavy atom. The summed E-state index contributed by atoms with van der Waals surface area (Å²) in [5, 5.41) is 3.42. The predicted octanol–water partition coefficient (Wildman–Crippen LogP) is 1.93. The van der Waals surface area contributed by atoms with Gasteiger partial charge in [-0.1, -0.05) is 0 Å². The second-order valence-corrected chi connectivity index (χ2v) is 5.93. The van der Waals surface area contributed by atoms with E-state index in [0.29, 0.717) is 6.04 Å². The van der Waals surface area contributed by atoms with E-state index < -0.39 is 0 Å². The average Bonchev–Trinajstić information content (AvgIpc) is 3.21. The van der Waals surface area contributed by atoms with Gasteiger partial charge < -0.3 is 19.7 Å². The van der Waals surface area contributed by atoms with Crippen molar-refractivity contribution < 1.29 is 13.9 Å². The molecule has 1 aliphatic heterocycles. The van der Waals surface area contributed by atoms with Crippen molar-refractivity contribution in [1.29, 1.82) is 0 Å². The van der Waals surface area contributed by atoms with Gasteiger partial charge in [0.25, 0.3) is 0 Å². The van der Waals surface area contributed by atoms with Crippen molar-refractivity contribution in [1.82, 2.24) is 5.32 Å². The van der Waals surface area contributed by atoms with Gasteiger partial charge in [0.05, 0.1) is 0 Å². The van der Waals surface area contributed by atoms with E-state index in [4.69, 9.17) is 9.47 Å². The summed E-state index contributed by atoms with van der Waals surface area (Å²) in [6.07, 6.45) is 2.54. The van der Waals surface area contributed by atoms with E-state index in [2.05, 4.69) is 16.3 Å². The van der Waals surface area contributed by atoms with Crippen molar-refractivity contribution in [2.45, 2.75) is 37.6 Å². The summed E-state index contributed by atoms with van der Waals surface area (Å²) in [6.45, 7) is 2.19. The van der Waals surface area contributed by atoms with Crippen molar-refractivity contribution in [2.75, 3.05) is 32.2 Å². The molecule has 2 fully saturated rings. The highest BCUT2D eigenvalue weighted by Gasteiger charge is 2.33. The van der Waals surface area contributed by atoms with Crippen LogP contribution >= 0.6 is 0 Å². The summed E-state index contributed by atoms with van der Waals surface area (Å²) >= 11 is 0. The first kappa shape index (κ1) is 14.8. The third kappa shape index (κ3) is 3.54. The maximum atomic E-state index is 13.9. The number of rotatable bonds is 6. The molecule has 3 rings (SSSR count). The quantitative estimate of drug-likeness (QED) is 0.869. The minimum atomic E-state index is -0.185. The number of ether oxygens (including phenoxy) is 2. The van der Waals surface area contributed by atoms with E-state index in [1.165, 1.54) is 12.8 Å². The van der Waals surface area contributed by atoms with Crippen molar-refractivity contribution in [3.63, 3.8) is 0 Å². The number of hydrogen-bond acceptors (Lipinski definition) is 4. The molecule has 0 bridgehead atoms. The van der Waals surface area contributed by atoms with Crippen LogP contribution in [-0.2, 0) is 16.0 Å². The zero-order valence-electron chi connectivity index (χ0n) is 12.6. The van der Waals surface area contributed by atoms with Gasteiger partial charge in [0, 0.05) is 45.6 Å². The van der Waals surface area contributed by atoms with Crippen LogP contribution in [0.3, 0.4) is 0 Å². The van der Waals surface area contributed by atoms with Gasteiger partial charge in [0.2, 0.25) is 0 Å². The van der Waals surface area contributed by atoms with Crippen LogP contribution in [0, 0.1) is 5.82 Å². The van der Waals surface area contributed by atoms with Crippen LogP contribution in [0.1, 0.15) is 18.4 Å². The zero-order chi connectivity index (χ0) is 14.8. The first-order chi connectivity index (χ1) is 10.2. The molecule has 0 aromatic heterocycles. The lowest BCUT2D eigenvalue weighted by Gasteiger charge is -2.19. The zero-order valence-corrected chi connectivity index (χ0v) is 12.6. The molecule has 1 saturated heterocycles. The Hall–Kier alpha value is -1.17. The van der Waals surface area contributed by atoms with Crippen LogP contribution in [-0.4, -0.2) is 45.6 Å². The highest BCUT2D eigenvalue weighted by atomic mass is 19.1. The van der Waals surface area contributed by atoms with Crippen LogP contribution < -0.4 is 10.2 Å². The molecule has 2 aliphatic rings. The van der Waals surface area contributed by atoms with Gasteiger partial charge in [-0.2, -0.15) is 0 Å². The third-order valence-corrected chi connectivity index (χ3v) is 4.30. The molecule has 0 radical (unpaired) electrons. The molecule has 2 unspecified atom stereocenters. The lowest BCUT2D eigenvalue weighted by Crippen LogP contribution is -2.27. The molecule has 116 valence electrons. The first-order valence-electron chi connectivity index (χ1n) is 7.53. The molecular weight excluding hydrogens is 271 g/mol. The first-order valence-corrected chi connectivity index (χ1v) is 7.53. The number of hydrogen-bond donors (Lipinski definition) is 1. The second kappa shape index (κ2) is 6.30. The Balaban J connectivity index is 1.71. The Labute approximate surface area is 125 Å². The summed E-state index contributed by atoms with van der Waals surface area (Å²) < 4.78 is 24.7. The largest absolute Gasteiger partial charge is 0.377 e. The van der Waals surface area contributed by atoms with Crippen LogP contribution in [0.2, 0.25) is 0 Å². The molecule has 21 heavy (non-hydrogen) atoms. The minimum Gasteiger partial charge on any atom is -0.377 e. The SMILES string of the molecule is COC1CN(c2cc(F)cc(CNC3CC3)c2)CC1OC. The Morgan fingerprint density at radius 3 is 2.38 bits per heavy atom. The molecule has 1 saturated carbocycles. The van der Waals surface area contributed by atoms with Crippen molar-refractivity contribution >= 4 is 5.69 Å². The molecule has 1 aromatic rings. The number of anilines is 1. The van der Waals surface area contributed by atoms with Gasteiger partial charge in [-0.3, -0.25) is 0 Å². The lowest BCUT2D eigenvalue weighted by molar-refractivity contribution is -0.00461. The molecule has 1 aromatic carbocycles.